The second-order valence-corrected chi connectivity index (χ2v) is 5.95. The van der Waals surface area contributed by atoms with E-state index in [4.69, 9.17) is 14.5 Å². The molecule has 0 fully saturated rings. The summed E-state index contributed by atoms with van der Waals surface area (Å²) in [6.45, 7) is 2.20. The van der Waals surface area contributed by atoms with Crippen molar-refractivity contribution >= 4 is 10.9 Å². The number of pyridine rings is 1. The van der Waals surface area contributed by atoms with Gasteiger partial charge in [-0.15, -0.1) is 0 Å². The number of hydrogen-bond donors (Lipinski definition) is 0. The molecule has 116 valence electrons. The number of aromatic nitrogens is 1. The minimum absolute atomic E-state index is 0.756. The van der Waals surface area contributed by atoms with Crippen molar-refractivity contribution in [3.05, 3.63) is 53.1 Å². The van der Waals surface area contributed by atoms with E-state index in [1.807, 2.05) is 6.07 Å². The molecule has 0 saturated carbocycles. The molecular formula is C20H19NO2. The topological polar surface area (TPSA) is 31.4 Å². The van der Waals surface area contributed by atoms with Crippen LogP contribution in [0.25, 0.3) is 22.2 Å². The van der Waals surface area contributed by atoms with Gasteiger partial charge in [-0.1, -0.05) is 18.2 Å². The molecule has 1 aromatic heterocycles. The molecule has 3 heteroatoms. The second-order valence-electron chi connectivity index (χ2n) is 5.95. The van der Waals surface area contributed by atoms with Gasteiger partial charge < -0.3 is 9.47 Å². The fourth-order valence-electron chi connectivity index (χ4n) is 3.55. The summed E-state index contributed by atoms with van der Waals surface area (Å²) in [6.07, 6.45) is 2.02. The van der Waals surface area contributed by atoms with Gasteiger partial charge in [-0.05, 0) is 54.7 Å². The van der Waals surface area contributed by atoms with E-state index in [2.05, 4.69) is 37.3 Å². The zero-order valence-electron chi connectivity index (χ0n) is 13.6. The average molecular weight is 305 g/mol. The van der Waals surface area contributed by atoms with Crippen molar-refractivity contribution in [2.75, 3.05) is 14.2 Å². The Morgan fingerprint density at radius 3 is 2.48 bits per heavy atom. The monoisotopic (exact) mass is 305 g/mol. The number of ether oxygens (including phenoxy) is 2. The van der Waals surface area contributed by atoms with Gasteiger partial charge in [0.15, 0.2) is 11.5 Å². The van der Waals surface area contributed by atoms with Crippen LogP contribution in [0.15, 0.2) is 36.4 Å². The van der Waals surface area contributed by atoms with Crippen LogP contribution in [0, 0.1) is 6.92 Å². The largest absolute Gasteiger partial charge is 0.493 e. The van der Waals surface area contributed by atoms with Crippen LogP contribution in [-0.4, -0.2) is 19.2 Å². The molecule has 1 heterocycles. The van der Waals surface area contributed by atoms with Gasteiger partial charge in [0.05, 0.1) is 25.4 Å². The molecule has 0 atom stereocenters. The normalized spacial score (nSPS) is 12.7. The number of methoxy groups -OCH3 is 2. The molecule has 3 nitrogen and oxygen atoms in total. The minimum Gasteiger partial charge on any atom is -0.493 e. The molecule has 0 bridgehead atoms. The maximum atomic E-state index is 5.48. The predicted molar refractivity (Wildman–Crippen MR) is 92.4 cm³/mol. The molecule has 0 amide bonds. The molecule has 0 saturated heterocycles. The Morgan fingerprint density at radius 2 is 1.70 bits per heavy atom. The third-order valence-corrected chi connectivity index (χ3v) is 4.79. The van der Waals surface area contributed by atoms with E-state index in [1.165, 1.54) is 22.1 Å². The van der Waals surface area contributed by atoms with E-state index < -0.39 is 0 Å². The number of benzene rings is 2. The van der Waals surface area contributed by atoms with Crippen LogP contribution in [-0.2, 0) is 12.8 Å². The van der Waals surface area contributed by atoms with E-state index in [1.54, 1.807) is 14.2 Å². The van der Waals surface area contributed by atoms with Gasteiger partial charge in [-0.3, -0.25) is 0 Å². The summed E-state index contributed by atoms with van der Waals surface area (Å²) in [7, 11) is 3.35. The van der Waals surface area contributed by atoms with Crippen LogP contribution in [0.4, 0.5) is 0 Å². The summed E-state index contributed by atoms with van der Waals surface area (Å²) in [5, 5.41) is 1.25. The lowest BCUT2D eigenvalue weighted by molar-refractivity contribution is 0.354. The van der Waals surface area contributed by atoms with Crippen LogP contribution in [0.5, 0.6) is 11.5 Å². The summed E-state index contributed by atoms with van der Waals surface area (Å²) in [6, 6.07) is 12.5. The second kappa shape index (κ2) is 5.27. The molecule has 1 aliphatic rings. The molecule has 3 aromatic rings. The van der Waals surface area contributed by atoms with Gasteiger partial charge in [-0.25, -0.2) is 4.98 Å². The van der Waals surface area contributed by atoms with Gasteiger partial charge in [0, 0.05) is 10.9 Å². The Balaban J connectivity index is 2.02. The maximum absolute atomic E-state index is 5.48. The predicted octanol–water partition coefficient (Wildman–Crippen LogP) is 4.33. The Morgan fingerprint density at radius 1 is 0.957 bits per heavy atom. The number of nitrogens with zero attached hydrogens (tertiary/aromatic N) is 1. The van der Waals surface area contributed by atoms with Crippen molar-refractivity contribution < 1.29 is 9.47 Å². The number of hydrogen-bond acceptors (Lipinski definition) is 3. The minimum atomic E-state index is 0.756. The summed E-state index contributed by atoms with van der Waals surface area (Å²) >= 11 is 0. The standard InChI is InChI=1S/C20H19NO2/c1-12-14-6-4-5-7-17(14)21-20-15(12)9-8-13-10-18(22-2)19(23-3)11-16(13)20/h4-7,10-11H,8-9H2,1-3H3. The molecule has 0 aliphatic heterocycles. The summed E-state index contributed by atoms with van der Waals surface area (Å²) in [4.78, 5) is 4.95. The van der Waals surface area contributed by atoms with Crippen molar-refractivity contribution in [2.45, 2.75) is 19.8 Å². The SMILES string of the molecule is COc1cc2c(cc1OC)-c1nc3ccccc3c(C)c1CC2. The summed E-state index contributed by atoms with van der Waals surface area (Å²) in [5.74, 6) is 1.54. The molecule has 0 radical (unpaired) electrons. The number of para-hydroxylation sites is 1. The van der Waals surface area contributed by atoms with Crippen molar-refractivity contribution in [3.8, 4) is 22.8 Å². The number of rotatable bonds is 2. The van der Waals surface area contributed by atoms with Gasteiger partial charge >= 0.3 is 0 Å². The highest BCUT2D eigenvalue weighted by Crippen LogP contribution is 2.41. The molecule has 2 aromatic carbocycles. The first kappa shape index (κ1) is 14.1. The van der Waals surface area contributed by atoms with Crippen LogP contribution in [0.2, 0.25) is 0 Å². The lowest BCUT2D eigenvalue weighted by Crippen LogP contribution is -2.09. The Bertz CT molecular complexity index is 915. The Hall–Kier alpha value is -2.55. The van der Waals surface area contributed by atoms with E-state index in [0.29, 0.717) is 0 Å². The zero-order valence-corrected chi connectivity index (χ0v) is 13.6. The number of fused-ring (bicyclic) bond motifs is 4. The highest BCUT2D eigenvalue weighted by Gasteiger charge is 2.23. The average Bonchev–Trinajstić information content (AvgIpc) is 2.60. The van der Waals surface area contributed by atoms with Crippen molar-refractivity contribution in [1.82, 2.24) is 4.98 Å². The first-order valence-electron chi connectivity index (χ1n) is 7.86. The molecule has 4 rings (SSSR count). The molecule has 0 unspecified atom stereocenters. The lowest BCUT2D eigenvalue weighted by atomic mass is 9.85. The summed E-state index contributed by atoms with van der Waals surface area (Å²) in [5.41, 5.74) is 7.26. The van der Waals surface area contributed by atoms with Crippen molar-refractivity contribution in [1.29, 1.82) is 0 Å². The van der Waals surface area contributed by atoms with Crippen LogP contribution in [0.1, 0.15) is 16.7 Å². The van der Waals surface area contributed by atoms with Crippen molar-refractivity contribution in [2.24, 2.45) is 0 Å². The fraction of sp³-hybridized carbons (Fsp3) is 0.250. The van der Waals surface area contributed by atoms with E-state index in [9.17, 15) is 0 Å². The summed E-state index contributed by atoms with van der Waals surface area (Å²) < 4.78 is 10.9. The smallest absolute Gasteiger partial charge is 0.161 e. The van der Waals surface area contributed by atoms with E-state index >= 15 is 0 Å². The quantitative estimate of drug-likeness (QED) is 0.706. The van der Waals surface area contributed by atoms with Crippen molar-refractivity contribution in [3.63, 3.8) is 0 Å². The highest BCUT2D eigenvalue weighted by molar-refractivity contribution is 5.88. The molecule has 23 heavy (non-hydrogen) atoms. The Labute approximate surface area is 135 Å². The van der Waals surface area contributed by atoms with Gasteiger partial charge in [0.2, 0.25) is 0 Å². The molecule has 1 aliphatic carbocycles. The first-order chi connectivity index (χ1) is 11.2. The zero-order chi connectivity index (χ0) is 16.0. The Kier molecular flexibility index (Phi) is 3.22. The first-order valence-corrected chi connectivity index (χ1v) is 7.86. The number of aryl methyl sites for hydroxylation is 2. The van der Waals surface area contributed by atoms with E-state index in [-0.39, 0.29) is 0 Å². The molecular weight excluding hydrogens is 286 g/mol. The third-order valence-electron chi connectivity index (χ3n) is 4.79. The fourth-order valence-corrected chi connectivity index (χ4v) is 3.55. The third kappa shape index (κ3) is 2.07. The van der Waals surface area contributed by atoms with Crippen LogP contribution >= 0.6 is 0 Å². The van der Waals surface area contributed by atoms with Gasteiger partial charge in [0.1, 0.15) is 0 Å². The highest BCUT2D eigenvalue weighted by atomic mass is 16.5. The van der Waals surface area contributed by atoms with Crippen LogP contribution in [0.3, 0.4) is 0 Å². The maximum Gasteiger partial charge on any atom is 0.161 e. The molecule has 0 N–H and O–H groups in total. The lowest BCUT2D eigenvalue weighted by Gasteiger charge is -2.23. The van der Waals surface area contributed by atoms with Gasteiger partial charge in [0.25, 0.3) is 0 Å². The van der Waals surface area contributed by atoms with Crippen LogP contribution < -0.4 is 9.47 Å². The van der Waals surface area contributed by atoms with E-state index in [0.717, 1.165) is 41.1 Å². The van der Waals surface area contributed by atoms with Gasteiger partial charge in [-0.2, -0.15) is 0 Å². The molecule has 0 spiro atoms.